The molecule has 1 fully saturated rings. The molecule has 0 aliphatic carbocycles. The van der Waals surface area contributed by atoms with Gasteiger partial charge in [0.05, 0.1) is 5.56 Å². The average molecular weight is 313 g/mol. The second-order valence-electron chi connectivity index (χ2n) is 5.90. The van der Waals surface area contributed by atoms with Crippen molar-refractivity contribution in [2.75, 3.05) is 6.54 Å². The summed E-state index contributed by atoms with van der Waals surface area (Å²) in [5.74, 6) is 0.302. The molecule has 0 N–H and O–H groups in total. The fraction of sp³-hybridized carbons (Fsp3) is 0.333. The third-order valence-corrected chi connectivity index (χ3v) is 5.09. The molecule has 22 heavy (non-hydrogen) atoms. The standard InChI is InChI=1S/C18H19NO2S/c1-12-9-15(14-7-8-22-11-14)10-19(12)18(21)17-6-4-3-5-16(17)13(2)20/h3-8,11-12,15H,9-10H2,1-2H3/t12-,15+/m1/s1. The van der Waals surface area contributed by atoms with Crippen molar-refractivity contribution in [1.82, 2.24) is 4.90 Å². The van der Waals surface area contributed by atoms with Crippen LogP contribution >= 0.6 is 11.3 Å². The summed E-state index contributed by atoms with van der Waals surface area (Å²) in [6, 6.07) is 9.43. The molecule has 2 atom stereocenters. The maximum Gasteiger partial charge on any atom is 0.254 e. The maximum absolute atomic E-state index is 12.9. The Balaban J connectivity index is 1.85. The summed E-state index contributed by atoms with van der Waals surface area (Å²) in [7, 11) is 0. The molecule has 1 aromatic carbocycles. The molecule has 1 aromatic heterocycles. The predicted molar refractivity (Wildman–Crippen MR) is 88.6 cm³/mol. The van der Waals surface area contributed by atoms with E-state index < -0.39 is 0 Å². The van der Waals surface area contributed by atoms with Gasteiger partial charge in [-0.1, -0.05) is 18.2 Å². The predicted octanol–water partition coefficient (Wildman–Crippen LogP) is 3.97. The van der Waals surface area contributed by atoms with Crippen LogP contribution in [0.25, 0.3) is 0 Å². The minimum Gasteiger partial charge on any atom is -0.335 e. The summed E-state index contributed by atoms with van der Waals surface area (Å²) in [6.45, 7) is 4.32. The number of carbonyl (C=O) groups is 2. The molecule has 0 bridgehead atoms. The first-order valence-electron chi connectivity index (χ1n) is 7.51. The van der Waals surface area contributed by atoms with Crippen molar-refractivity contribution in [2.45, 2.75) is 32.2 Å². The molecule has 3 rings (SSSR count). The van der Waals surface area contributed by atoms with Crippen LogP contribution in [0.4, 0.5) is 0 Å². The van der Waals surface area contributed by atoms with Crippen molar-refractivity contribution in [1.29, 1.82) is 0 Å². The Morgan fingerprint density at radius 2 is 1.91 bits per heavy atom. The van der Waals surface area contributed by atoms with Crippen LogP contribution in [0.15, 0.2) is 41.1 Å². The lowest BCUT2D eigenvalue weighted by Crippen LogP contribution is -2.34. The van der Waals surface area contributed by atoms with Gasteiger partial charge in [0.15, 0.2) is 5.78 Å². The van der Waals surface area contributed by atoms with E-state index in [4.69, 9.17) is 0 Å². The fourth-order valence-electron chi connectivity index (χ4n) is 3.19. The summed E-state index contributed by atoms with van der Waals surface area (Å²) in [5.41, 5.74) is 2.35. The third-order valence-electron chi connectivity index (χ3n) is 4.39. The first-order valence-corrected chi connectivity index (χ1v) is 8.45. The molecule has 0 spiro atoms. The molecule has 2 aromatic rings. The van der Waals surface area contributed by atoms with Crippen LogP contribution < -0.4 is 0 Å². The van der Waals surface area contributed by atoms with Gasteiger partial charge in [0.25, 0.3) is 5.91 Å². The minimum absolute atomic E-state index is 0.0315. The number of likely N-dealkylation sites (tertiary alicyclic amines) is 1. The summed E-state index contributed by atoms with van der Waals surface area (Å²) in [4.78, 5) is 26.5. The van der Waals surface area contributed by atoms with E-state index in [0.717, 1.165) is 13.0 Å². The lowest BCUT2D eigenvalue weighted by atomic mass is 10.00. The van der Waals surface area contributed by atoms with E-state index in [9.17, 15) is 9.59 Å². The van der Waals surface area contributed by atoms with Gasteiger partial charge < -0.3 is 4.90 Å². The van der Waals surface area contributed by atoms with Gasteiger partial charge in [-0.15, -0.1) is 0 Å². The minimum atomic E-state index is -0.0646. The molecule has 0 saturated carbocycles. The number of nitrogens with zero attached hydrogens (tertiary/aromatic N) is 1. The Morgan fingerprint density at radius 1 is 1.18 bits per heavy atom. The molecule has 4 heteroatoms. The highest BCUT2D eigenvalue weighted by molar-refractivity contribution is 7.08. The molecule has 0 unspecified atom stereocenters. The van der Waals surface area contributed by atoms with Crippen LogP contribution in [0.1, 0.15) is 52.5 Å². The lowest BCUT2D eigenvalue weighted by molar-refractivity contribution is 0.0741. The highest BCUT2D eigenvalue weighted by atomic mass is 32.1. The molecule has 1 aliphatic rings. The number of hydrogen-bond acceptors (Lipinski definition) is 3. The number of thiophene rings is 1. The van der Waals surface area contributed by atoms with Crippen molar-refractivity contribution >= 4 is 23.0 Å². The van der Waals surface area contributed by atoms with E-state index in [1.54, 1.807) is 29.5 Å². The Labute approximate surface area is 134 Å². The van der Waals surface area contributed by atoms with Crippen LogP contribution in [-0.4, -0.2) is 29.2 Å². The third kappa shape index (κ3) is 2.71. The second kappa shape index (κ2) is 6.05. The number of Topliss-reactive ketones (excluding diaryl/α,β-unsaturated/α-hetero) is 1. The van der Waals surface area contributed by atoms with Gasteiger partial charge >= 0.3 is 0 Å². The quantitative estimate of drug-likeness (QED) is 0.804. The van der Waals surface area contributed by atoms with E-state index in [0.29, 0.717) is 17.0 Å². The lowest BCUT2D eigenvalue weighted by Gasteiger charge is -2.22. The Hall–Kier alpha value is -1.94. The number of ketones is 1. The monoisotopic (exact) mass is 313 g/mol. The van der Waals surface area contributed by atoms with Crippen molar-refractivity contribution in [3.8, 4) is 0 Å². The molecule has 1 amide bonds. The smallest absolute Gasteiger partial charge is 0.254 e. The molecule has 1 saturated heterocycles. The number of amides is 1. The Bertz CT molecular complexity index is 693. The van der Waals surface area contributed by atoms with Gasteiger partial charge in [-0.3, -0.25) is 9.59 Å². The van der Waals surface area contributed by atoms with Crippen LogP contribution in [0.3, 0.4) is 0 Å². The van der Waals surface area contributed by atoms with Crippen LogP contribution in [-0.2, 0) is 0 Å². The Morgan fingerprint density at radius 3 is 2.55 bits per heavy atom. The van der Waals surface area contributed by atoms with E-state index in [1.165, 1.54) is 12.5 Å². The highest BCUT2D eigenvalue weighted by Crippen LogP contribution is 2.33. The van der Waals surface area contributed by atoms with Crippen LogP contribution in [0.2, 0.25) is 0 Å². The summed E-state index contributed by atoms with van der Waals surface area (Å²) >= 11 is 1.69. The SMILES string of the molecule is CC(=O)c1ccccc1C(=O)N1C[C@@H](c2ccsc2)C[C@H]1C. The van der Waals surface area contributed by atoms with Gasteiger partial charge in [0.2, 0.25) is 0 Å². The topological polar surface area (TPSA) is 37.4 Å². The van der Waals surface area contributed by atoms with Crippen molar-refractivity contribution in [3.05, 3.63) is 57.8 Å². The Kier molecular flexibility index (Phi) is 4.12. The van der Waals surface area contributed by atoms with Gasteiger partial charge in [0, 0.05) is 24.1 Å². The fourth-order valence-corrected chi connectivity index (χ4v) is 3.94. The number of hydrogen-bond donors (Lipinski definition) is 0. The first kappa shape index (κ1) is 15.0. The second-order valence-corrected chi connectivity index (χ2v) is 6.68. The van der Waals surface area contributed by atoms with Gasteiger partial charge in [-0.25, -0.2) is 0 Å². The molecule has 114 valence electrons. The molecule has 0 radical (unpaired) electrons. The van der Waals surface area contributed by atoms with Gasteiger partial charge in [-0.05, 0) is 48.7 Å². The zero-order chi connectivity index (χ0) is 15.7. The largest absolute Gasteiger partial charge is 0.335 e. The van der Waals surface area contributed by atoms with E-state index in [2.05, 4.69) is 23.8 Å². The normalized spacial score (nSPS) is 21.1. The van der Waals surface area contributed by atoms with Crippen molar-refractivity contribution in [3.63, 3.8) is 0 Å². The maximum atomic E-state index is 12.9. The molecule has 2 heterocycles. The summed E-state index contributed by atoms with van der Waals surface area (Å²) < 4.78 is 0. The van der Waals surface area contributed by atoms with E-state index in [1.807, 2.05) is 11.0 Å². The summed E-state index contributed by atoms with van der Waals surface area (Å²) in [6.07, 6.45) is 0.977. The summed E-state index contributed by atoms with van der Waals surface area (Å²) in [5, 5.41) is 4.24. The van der Waals surface area contributed by atoms with Gasteiger partial charge in [0.1, 0.15) is 0 Å². The molecule has 1 aliphatic heterocycles. The van der Waals surface area contributed by atoms with Crippen LogP contribution in [0, 0.1) is 0 Å². The average Bonchev–Trinajstić information content (AvgIpc) is 3.15. The first-order chi connectivity index (χ1) is 10.6. The highest BCUT2D eigenvalue weighted by Gasteiger charge is 2.34. The van der Waals surface area contributed by atoms with E-state index >= 15 is 0 Å². The zero-order valence-corrected chi connectivity index (χ0v) is 13.6. The van der Waals surface area contributed by atoms with Crippen LogP contribution in [0.5, 0.6) is 0 Å². The zero-order valence-electron chi connectivity index (χ0n) is 12.8. The van der Waals surface area contributed by atoms with Crippen molar-refractivity contribution < 1.29 is 9.59 Å². The number of rotatable bonds is 3. The molecular formula is C18H19NO2S. The van der Waals surface area contributed by atoms with E-state index in [-0.39, 0.29) is 17.7 Å². The number of carbonyl (C=O) groups excluding carboxylic acids is 2. The number of benzene rings is 1. The molecule has 3 nitrogen and oxygen atoms in total. The van der Waals surface area contributed by atoms with Gasteiger partial charge in [-0.2, -0.15) is 11.3 Å². The van der Waals surface area contributed by atoms with Crippen molar-refractivity contribution in [2.24, 2.45) is 0 Å². The molecular weight excluding hydrogens is 294 g/mol.